The number of hydrogen-bond acceptors (Lipinski definition) is 2. The van der Waals surface area contributed by atoms with E-state index in [1.165, 1.54) is 36.4 Å². The highest BCUT2D eigenvalue weighted by Gasteiger charge is 2.58. The zero-order valence-electron chi connectivity index (χ0n) is 9.76. The van der Waals surface area contributed by atoms with Gasteiger partial charge in [0.1, 0.15) is 5.75 Å². The molecule has 1 N–H and O–H groups in total. The molecule has 2 aromatic rings. The molecule has 0 saturated heterocycles. The van der Waals surface area contributed by atoms with Crippen LogP contribution >= 0.6 is 0 Å². The zero-order chi connectivity index (χ0) is 13.9. The molecule has 1 atom stereocenters. The van der Waals surface area contributed by atoms with Gasteiger partial charge in [0.25, 0.3) is 0 Å². The standard InChI is InChI=1S/C14H11F3O2/c15-14(16,17)13(18,11-7-3-1-4-8-11)19-12-9-5-2-6-10-12/h1-10,18H. The van der Waals surface area contributed by atoms with E-state index in [0.717, 1.165) is 12.1 Å². The van der Waals surface area contributed by atoms with Crippen molar-refractivity contribution in [2.24, 2.45) is 0 Å². The predicted octanol–water partition coefficient (Wildman–Crippen LogP) is 3.47. The molecule has 1 unspecified atom stereocenters. The minimum absolute atomic E-state index is 0.0637. The van der Waals surface area contributed by atoms with Crippen LogP contribution in [0.25, 0.3) is 0 Å². The van der Waals surface area contributed by atoms with E-state index in [9.17, 15) is 18.3 Å². The van der Waals surface area contributed by atoms with Gasteiger partial charge in [-0.05, 0) is 12.1 Å². The van der Waals surface area contributed by atoms with Crippen LogP contribution in [0.4, 0.5) is 13.2 Å². The molecule has 19 heavy (non-hydrogen) atoms. The van der Waals surface area contributed by atoms with Crippen molar-refractivity contribution in [3.63, 3.8) is 0 Å². The Morgan fingerprint density at radius 3 is 1.74 bits per heavy atom. The molecule has 0 heterocycles. The summed E-state index contributed by atoms with van der Waals surface area (Å²) in [7, 11) is 0. The number of para-hydroxylation sites is 1. The minimum atomic E-state index is -4.95. The molecule has 0 aromatic heterocycles. The molecule has 2 aromatic carbocycles. The maximum absolute atomic E-state index is 13.1. The third-order valence-corrected chi connectivity index (χ3v) is 2.56. The van der Waals surface area contributed by atoms with Crippen LogP contribution in [0.5, 0.6) is 5.75 Å². The Morgan fingerprint density at radius 1 is 0.789 bits per heavy atom. The van der Waals surface area contributed by atoms with E-state index in [1.54, 1.807) is 12.1 Å². The summed E-state index contributed by atoms with van der Waals surface area (Å²) in [6, 6.07) is 14.1. The summed E-state index contributed by atoms with van der Waals surface area (Å²) in [5.74, 6) is -3.43. The highest BCUT2D eigenvalue weighted by atomic mass is 19.4. The van der Waals surface area contributed by atoms with E-state index < -0.39 is 12.0 Å². The summed E-state index contributed by atoms with van der Waals surface area (Å²) in [6.45, 7) is 0. The Kier molecular flexibility index (Phi) is 3.48. The molecule has 5 heteroatoms. The van der Waals surface area contributed by atoms with E-state index in [4.69, 9.17) is 4.74 Å². The van der Waals surface area contributed by atoms with Gasteiger partial charge < -0.3 is 9.84 Å². The summed E-state index contributed by atoms with van der Waals surface area (Å²) < 4.78 is 44.1. The third kappa shape index (κ3) is 2.71. The van der Waals surface area contributed by atoms with Crippen molar-refractivity contribution in [1.82, 2.24) is 0 Å². The molecule has 2 rings (SSSR count). The zero-order valence-corrected chi connectivity index (χ0v) is 9.76. The summed E-state index contributed by atoms with van der Waals surface area (Å²) in [6.07, 6.45) is -4.95. The van der Waals surface area contributed by atoms with Crippen LogP contribution in [0.3, 0.4) is 0 Å². The molecule has 0 aliphatic carbocycles. The van der Waals surface area contributed by atoms with E-state index in [2.05, 4.69) is 0 Å². The first-order valence-electron chi connectivity index (χ1n) is 5.52. The molecule has 0 spiro atoms. The Hall–Kier alpha value is -2.01. The highest BCUT2D eigenvalue weighted by Crippen LogP contribution is 2.40. The lowest BCUT2D eigenvalue weighted by molar-refractivity contribution is -0.344. The molecule has 0 bridgehead atoms. The average Bonchev–Trinajstić information content (AvgIpc) is 2.39. The largest absolute Gasteiger partial charge is 0.460 e. The van der Waals surface area contributed by atoms with E-state index in [0.29, 0.717) is 0 Å². The van der Waals surface area contributed by atoms with Crippen LogP contribution in [-0.2, 0) is 5.79 Å². The van der Waals surface area contributed by atoms with Gasteiger partial charge in [-0.15, -0.1) is 0 Å². The van der Waals surface area contributed by atoms with Crippen molar-refractivity contribution in [1.29, 1.82) is 0 Å². The number of rotatable bonds is 3. The van der Waals surface area contributed by atoms with Gasteiger partial charge in [0.15, 0.2) is 0 Å². The number of alkyl halides is 3. The summed E-state index contributed by atoms with van der Waals surface area (Å²) in [4.78, 5) is 0. The third-order valence-electron chi connectivity index (χ3n) is 2.56. The number of ether oxygens (including phenoxy) is 1. The first-order chi connectivity index (χ1) is 8.93. The van der Waals surface area contributed by atoms with Crippen molar-refractivity contribution < 1.29 is 23.0 Å². The molecule has 0 aliphatic heterocycles. The number of halogens is 3. The first kappa shape index (κ1) is 13.4. The summed E-state index contributed by atoms with van der Waals surface area (Å²) in [5, 5.41) is 9.93. The average molecular weight is 268 g/mol. The summed E-state index contributed by atoms with van der Waals surface area (Å²) >= 11 is 0. The highest BCUT2D eigenvalue weighted by molar-refractivity contribution is 5.27. The second-order valence-electron chi connectivity index (χ2n) is 3.92. The van der Waals surface area contributed by atoms with Gasteiger partial charge in [0, 0.05) is 5.56 Å². The van der Waals surface area contributed by atoms with E-state index in [-0.39, 0.29) is 11.3 Å². The van der Waals surface area contributed by atoms with Crippen molar-refractivity contribution >= 4 is 0 Å². The number of aliphatic hydroxyl groups is 1. The normalized spacial score (nSPS) is 14.7. The maximum atomic E-state index is 13.1. The van der Waals surface area contributed by atoms with Crippen LogP contribution in [0, 0.1) is 0 Å². The number of hydrogen-bond donors (Lipinski definition) is 1. The molecular weight excluding hydrogens is 257 g/mol. The van der Waals surface area contributed by atoms with Gasteiger partial charge in [0.2, 0.25) is 0 Å². The molecule has 0 saturated carbocycles. The topological polar surface area (TPSA) is 29.5 Å². The van der Waals surface area contributed by atoms with Gasteiger partial charge in [0.05, 0.1) is 0 Å². The van der Waals surface area contributed by atoms with Crippen LogP contribution in [0.15, 0.2) is 60.7 Å². The van der Waals surface area contributed by atoms with Gasteiger partial charge in [-0.1, -0.05) is 48.5 Å². The predicted molar refractivity (Wildman–Crippen MR) is 63.5 cm³/mol. The molecule has 0 aliphatic rings. The van der Waals surface area contributed by atoms with Crippen molar-refractivity contribution in [3.05, 3.63) is 66.2 Å². The Labute approximate surface area is 108 Å². The lowest BCUT2D eigenvalue weighted by Crippen LogP contribution is -2.47. The van der Waals surface area contributed by atoms with Gasteiger partial charge in [-0.25, -0.2) is 0 Å². The first-order valence-corrected chi connectivity index (χ1v) is 5.52. The maximum Gasteiger partial charge on any atom is 0.460 e. The fraction of sp³-hybridized carbons (Fsp3) is 0.143. The van der Waals surface area contributed by atoms with Crippen molar-refractivity contribution in [3.8, 4) is 5.75 Å². The second kappa shape index (κ2) is 4.93. The smallest absolute Gasteiger partial charge is 0.450 e. The second-order valence-corrected chi connectivity index (χ2v) is 3.92. The minimum Gasteiger partial charge on any atom is -0.450 e. The molecule has 0 fully saturated rings. The molecule has 0 amide bonds. The molecular formula is C14H11F3O2. The Morgan fingerprint density at radius 2 is 1.26 bits per heavy atom. The summed E-state index contributed by atoms with van der Waals surface area (Å²) in [5.41, 5.74) is -0.369. The van der Waals surface area contributed by atoms with Gasteiger partial charge in [-0.3, -0.25) is 0 Å². The fourth-order valence-corrected chi connectivity index (χ4v) is 1.60. The van der Waals surface area contributed by atoms with Crippen molar-refractivity contribution in [2.75, 3.05) is 0 Å². The molecule has 100 valence electrons. The van der Waals surface area contributed by atoms with Crippen LogP contribution < -0.4 is 4.74 Å². The van der Waals surface area contributed by atoms with Crippen LogP contribution in [-0.4, -0.2) is 11.3 Å². The fourth-order valence-electron chi connectivity index (χ4n) is 1.60. The van der Waals surface area contributed by atoms with Gasteiger partial charge >= 0.3 is 12.0 Å². The lowest BCUT2D eigenvalue weighted by atomic mass is 10.1. The van der Waals surface area contributed by atoms with E-state index >= 15 is 0 Å². The van der Waals surface area contributed by atoms with Crippen molar-refractivity contribution in [2.45, 2.75) is 12.0 Å². The quantitative estimate of drug-likeness (QED) is 0.864. The van der Waals surface area contributed by atoms with Gasteiger partial charge in [-0.2, -0.15) is 13.2 Å². The molecule has 2 nitrogen and oxygen atoms in total. The number of benzene rings is 2. The molecule has 0 radical (unpaired) electrons. The lowest BCUT2D eigenvalue weighted by Gasteiger charge is -2.31. The van der Waals surface area contributed by atoms with Crippen LogP contribution in [0.2, 0.25) is 0 Å². The Bertz CT molecular complexity index is 525. The van der Waals surface area contributed by atoms with Crippen LogP contribution in [0.1, 0.15) is 5.56 Å². The monoisotopic (exact) mass is 268 g/mol. The SMILES string of the molecule is OC(Oc1ccccc1)(c1ccccc1)C(F)(F)F. The Balaban J connectivity index is 2.42. The van der Waals surface area contributed by atoms with E-state index in [1.807, 2.05) is 0 Å².